The minimum absolute atomic E-state index is 0.101. The number of amides is 1. The maximum Gasteiger partial charge on any atom is 0.337 e. The summed E-state index contributed by atoms with van der Waals surface area (Å²) < 4.78 is 23.1. The van der Waals surface area contributed by atoms with Gasteiger partial charge in [-0.2, -0.15) is 0 Å². The molecule has 1 atom stereocenters. The zero-order valence-electron chi connectivity index (χ0n) is 11.0. The number of carboxylic acids is 1. The van der Waals surface area contributed by atoms with Crippen molar-refractivity contribution >= 4 is 21.7 Å². The maximum atomic E-state index is 11.9. The highest BCUT2D eigenvalue weighted by atomic mass is 32.2. The van der Waals surface area contributed by atoms with Crippen LogP contribution in [0.15, 0.2) is 29.2 Å². The summed E-state index contributed by atoms with van der Waals surface area (Å²) >= 11 is 0. The van der Waals surface area contributed by atoms with Crippen molar-refractivity contribution in [2.45, 2.75) is 17.4 Å². The molecular weight excluding hydrogens is 286 g/mol. The average Bonchev–Trinajstić information content (AvgIpc) is 2.35. The van der Waals surface area contributed by atoms with Gasteiger partial charge in [-0.25, -0.2) is 13.2 Å². The van der Waals surface area contributed by atoms with Gasteiger partial charge < -0.3 is 15.5 Å². The Labute approximate surface area is 116 Å². The third-order valence-corrected chi connectivity index (χ3v) is 3.74. The molecule has 1 aromatic carbocycles. The smallest absolute Gasteiger partial charge is 0.337 e. The summed E-state index contributed by atoms with van der Waals surface area (Å²) in [4.78, 5) is 22.4. The van der Waals surface area contributed by atoms with Gasteiger partial charge >= 0.3 is 5.97 Å². The molecule has 1 rings (SSSR count). The normalized spacial score (nSPS) is 14.3. The standard InChI is InChI=1S/C12H15NO6S/c1-12(17,11(15)16)7-13-10(14)8-5-3-4-6-9(8)20(2,18)19/h3-6,17H,7H2,1-2H3,(H,13,14)(H,15,16). The second-order valence-corrected chi connectivity index (χ2v) is 6.51. The van der Waals surface area contributed by atoms with Gasteiger partial charge in [0, 0.05) is 6.26 Å². The van der Waals surface area contributed by atoms with Gasteiger partial charge in [0.15, 0.2) is 15.4 Å². The predicted octanol–water partition coefficient (Wildman–Crippen LogP) is -0.345. The van der Waals surface area contributed by atoms with Crippen molar-refractivity contribution in [1.29, 1.82) is 0 Å². The van der Waals surface area contributed by atoms with Crippen molar-refractivity contribution in [1.82, 2.24) is 5.32 Å². The summed E-state index contributed by atoms with van der Waals surface area (Å²) in [6, 6.07) is 5.54. The van der Waals surface area contributed by atoms with Gasteiger partial charge in [0.25, 0.3) is 5.91 Å². The fourth-order valence-electron chi connectivity index (χ4n) is 1.40. The Bertz CT molecular complexity index is 635. The highest BCUT2D eigenvalue weighted by Crippen LogP contribution is 2.15. The summed E-state index contributed by atoms with van der Waals surface area (Å²) in [6.45, 7) is 0.483. The van der Waals surface area contributed by atoms with Gasteiger partial charge in [-0.1, -0.05) is 12.1 Å². The van der Waals surface area contributed by atoms with Crippen LogP contribution in [0.4, 0.5) is 0 Å². The largest absolute Gasteiger partial charge is 0.479 e. The predicted molar refractivity (Wildman–Crippen MR) is 70.1 cm³/mol. The first-order valence-electron chi connectivity index (χ1n) is 5.59. The Balaban J connectivity index is 2.98. The van der Waals surface area contributed by atoms with Gasteiger partial charge in [-0.15, -0.1) is 0 Å². The second-order valence-electron chi connectivity index (χ2n) is 4.53. The molecule has 0 fully saturated rings. The van der Waals surface area contributed by atoms with E-state index in [2.05, 4.69) is 5.32 Å². The summed E-state index contributed by atoms with van der Waals surface area (Å²) in [5, 5.41) is 20.4. The van der Waals surface area contributed by atoms with Crippen molar-refractivity contribution in [3.05, 3.63) is 29.8 Å². The van der Waals surface area contributed by atoms with E-state index < -0.39 is 33.9 Å². The average molecular weight is 301 g/mol. The van der Waals surface area contributed by atoms with Crippen LogP contribution in [-0.4, -0.2) is 48.9 Å². The van der Waals surface area contributed by atoms with E-state index in [1.54, 1.807) is 0 Å². The highest BCUT2D eigenvalue weighted by molar-refractivity contribution is 7.90. The highest BCUT2D eigenvalue weighted by Gasteiger charge is 2.31. The number of hydrogen-bond donors (Lipinski definition) is 3. The Morgan fingerprint density at radius 1 is 1.30 bits per heavy atom. The molecule has 0 spiro atoms. The molecular formula is C12H15NO6S. The number of carbonyl (C=O) groups excluding carboxylic acids is 1. The molecule has 0 bridgehead atoms. The number of carboxylic acid groups (broad SMARTS) is 1. The van der Waals surface area contributed by atoms with E-state index >= 15 is 0 Å². The lowest BCUT2D eigenvalue weighted by molar-refractivity contribution is -0.155. The van der Waals surface area contributed by atoms with E-state index in [1.165, 1.54) is 24.3 Å². The van der Waals surface area contributed by atoms with Crippen LogP contribution in [0.5, 0.6) is 0 Å². The van der Waals surface area contributed by atoms with Gasteiger partial charge in [0.05, 0.1) is 17.0 Å². The maximum absolute atomic E-state index is 11.9. The Hall–Kier alpha value is -1.93. The quantitative estimate of drug-likeness (QED) is 0.684. The molecule has 0 saturated heterocycles. The monoisotopic (exact) mass is 301 g/mol. The summed E-state index contributed by atoms with van der Waals surface area (Å²) in [5.74, 6) is -2.26. The van der Waals surface area contributed by atoms with E-state index in [-0.39, 0.29) is 10.5 Å². The lowest BCUT2D eigenvalue weighted by Crippen LogP contribution is -2.46. The molecule has 0 aliphatic heterocycles. The summed E-state index contributed by atoms with van der Waals surface area (Å²) in [5.41, 5.74) is -2.23. The lowest BCUT2D eigenvalue weighted by Gasteiger charge is -2.18. The van der Waals surface area contributed by atoms with Crippen LogP contribution in [0.25, 0.3) is 0 Å². The van der Waals surface area contributed by atoms with Crippen LogP contribution in [0.1, 0.15) is 17.3 Å². The fourth-order valence-corrected chi connectivity index (χ4v) is 2.29. The summed E-state index contributed by atoms with van der Waals surface area (Å²) in [7, 11) is -3.59. The van der Waals surface area contributed by atoms with Gasteiger partial charge in [-0.05, 0) is 19.1 Å². The van der Waals surface area contributed by atoms with Crippen LogP contribution in [0, 0.1) is 0 Å². The van der Waals surface area contributed by atoms with Crippen LogP contribution >= 0.6 is 0 Å². The van der Waals surface area contributed by atoms with E-state index in [1.807, 2.05) is 0 Å². The van der Waals surface area contributed by atoms with Crippen molar-refractivity contribution in [2.24, 2.45) is 0 Å². The van der Waals surface area contributed by atoms with E-state index in [0.717, 1.165) is 13.2 Å². The number of sulfone groups is 1. The fraction of sp³-hybridized carbons (Fsp3) is 0.333. The van der Waals surface area contributed by atoms with Crippen LogP contribution in [0.2, 0.25) is 0 Å². The molecule has 0 heterocycles. The Morgan fingerprint density at radius 3 is 2.35 bits per heavy atom. The number of aliphatic hydroxyl groups is 1. The molecule has 20 heavy (non-hydrogen) atoms. The molecule has 1 aromatic rings. The number of benzene rings is 1. The Morgan fingerprint density at radius 2 is 1.85 bits per heavy atom. The number of nitrogens with one attached hydrogen (secondary N) is 1. The first-order chi connectivity index (χ1) is 9.05. The van der Waals surface area contributed by atoms with Crippen molar-refractivity contribution < 1.29 is 28.2 Å². The number of rotatable bonds is 5. The third-order valence-electron chi connectivity index (χ3n) is 2.59. The minimum atomic E-state index is -3.59. The minimum Gasteiger partial charge on any atom is -0.479 e. The van der Waals surface area contributed by atoms with Crippen molar-refractivity contribution in [2.75, 3.05) is 12.8 Å². The molecule has 0 aliphatic rings. The first-order valence-corrected chi connectivity index (χ1v) is 7.48. The number of carbonyl (C=O) groups is 2. The second kappa shape index (κ2) is 5.59. The molecule has 8 heteroatoms. The zero-order valence-corrected chi connectivity index (χ0v) is 11.8. The molecule has 110 valence electrons. The van der Waals surface area contributed by atoms with Gasteiger partial charge in [-0.3, -0.25) is 4.79 Å². The van der Waals surface area contributed by atoms with Crippen LogP contribution in [0.3, 0.4) is 0 Å². The molecule has 0 saturated carbocycles. The molecule has 0 radical (unpaired) electrons. The van der Waals surface area contributed by atoms with Gasteiger partial charge in [0.1, 0.15) is 0 Å². The van der Waals surface area contributed by atoms with E-state index in [9.17, 15) is 23.1 Å². The lowest BCUT2D eigenvalue weighted by atomic mass is 10.1. The third kappa shape index (κ3) is 3.78. The molecule has 0 aliphatic carbocycles. The summed E-state index contributed by atoms with van der Waals surface area (Å²) in [6.07, 6.45) is 0.965. The molecule has 7 nitrogen and oxygen atoms in total. The molecule has 1 amide bonds. The van der Waals surface area contributed by atoms with Gasteiger partial charge in [0.2, 0.25) is 0 Å². The molecule has 0 aromatic heterocycles. The molecule has 3 N–H and O–H groups in total. The van der Waals surface area contributed by atoms with Crippen LogP contribution < -0.4 is 5.32 Å². The van der Waals surface area contributed by atoms with Crippen LogP contribution in [-0.2, 0) is 14.6 Å². The Kier molecular flexibility index (Phi) is 4.51. The zero-order chi connectivity index (χ0) is 15.6. The SMILES string of the molecule is CC(O)(CNC(=O)c1ccccc1S(C)(=O)=O)C(=O)O. The van der Waals surface area contributed by atoms with E-state index in [4.69, 9.17) is 5.11 Å². The number of aliphatic carboxylic acids is 1. The van der Waals surface area contributed by atoms with E-state index in [0.29, 0.717) is 0 Å². The van der Waals surface area contributed by atoms with Crippen molar-refractivity contribution in [3.63, 3.8) is 0 Å². The topological polar surface area (TPSA) is 121 Å². The number of hydrogen-bond acceptors (Lipinski definition) is 5. The van der Waals surface area contributed by atoms with Crippen molar-refractivity contribution in [3.8, 4) is 0 Å². The first kappa shape index (κ1) is 16.1. The molecule has 1 unspecified atom stereocenters.